The van der Waals surface area contributed by atoms with Gasteiger partial charge >= 0.3 is 0 Å². The first-order valence-corrected chi connectivity index (χ1v) is 11.0. The number of carbonyl (C=O) groups excluding carboxylic acids is 1. The van der Waals surface area contributed by atoms with Crippen molar-refractivity contribution in [3.8, 4) is 16.9 Å². The first-order valence-electron chi connectivity index (χ1n) is 9.51. The van der Waals surface area contributed by atoms with E-state index >= 15 is 0 Å². The number of hydrogen-bond donors (Lipinski definition) is 3. The lowest BCUT2D eigenvalue weighted by molar-refractivity contribution is 0.0963. The Hall–Kier alpha value is -3.35. The molecule has 2 aromatic carbocycles. The van der Waals surface area contributed by atoms with Crippen LogP contribution in [0.25, 0.3) is 22.2 Å². The summed E-state index contributed by atoms with van der Waals surface area (Å²) in [6.07, 6.45) is 1.21. The van der Waals surface area contributed by atoms with E-state index in [2.05, 4.69) is 20.4 Å². The number of ether oxygens (including phenoxy) is 1. The summed E-state index contributed by atoms with van der Waals surface area (Å²) in [5.41, 5.74) is 7.12. The maximum atomic E-state index is 14.1. The maximum Gasteiger partial charge on any atom is 0.251 e. The van der Waals surface area contributed by atoms with Gasteiger partial charge in [0.05, 0.1) is 24.1 Å². The minimum atomic E-state index is -3.75. The van der Waals surface area contributed by atoms with Crippen molar-refractivity contribution in [1.82, 2.24) is 25.0 Å². The summed E-state index contributed by atoms with van der Waals surface area (Å²) >= 11 is 0. The standard InChI is InChI=1S/C20H23FN6O4S/c1-23-20(28)12-8-16(15-10-14(32(29,30)24-2)4-5-18(15)31-3)19-17(9-12)27(26-25-19)11-13(21)6-7-22/h4-6,8-10,24H,7,11,22H2,1-3H3,(H,23,28)/b13-6-. The second-order valence-electron chi connectivity index (χ2n) is 6.67. The van der Waals surface area contributed by atoms with Crippen molar-refractivity contribution >= 4 is 27.0 Å². The number of rotatable bonds is 8. The minimum absolute atomic E-state index is 0.00129. The Morgan fingerprint density at radius 3 is 2.62 bits per heavy atom. The van der Waals surface area contributed by atoms with Crippen molar-refractivity contribution in [2.24, 2.45) is 5.73 Å². The average Bonchev–Trinajstić information content (AvgIpc) is 3.20. The highest BCUT2D eigenvalue weighted by Gasteiger charge is 2.21. The van der Waals surface area contributed by atoms with Crippen molar-refractivity contribution in [3.05, 3.63) is 47.8 Å². The van der Waals surface area contributed by atoms with E-state index in [0.717, 1.165) is 0 Å². The third-order valence-corrected chi connectivity index (χ3v) is 6.20. The van der Waals surface area contributed by atoms with Crippen molar-refractivity contribution in [1.29, 1.82) is 0 Å². The van der Waals surface area contributed by atoms with E-state index in [0.29, 0.717) is 27.9 Å². The molecule has 3 aromatic rings. The van der Waals surface area contributed by atoms with E-state index < -0.39 is 21.8 Å². The lowest BCUT2D eigenvalue weighted by atomic mass is 9.99. The van der Waals surface area contributed by atoms with E-state index in [-0.39, 0.29) is 23.5 Å². The predicted octanol–water partition coefficient (Wildman–Crippen LogP) is 1.19. The van der Waals surface area contributed by atoms with Crippen LogP contribution in [0.4, 0.5) is 4.39 Å². The van der Waals surface area contributed by atoms with E-state index in [1.807, 2.05) is 0 Å². The number of sulfonamides is 1. The topological polar surface area (TPSA) is 141 Å². The van der Waals surface area contributed by atoms with Crippen LogP contribution >= 0.6 is 0 Å². The number of benzene rings is 2. The summed E-state index contributed by atoms with van der Waals surface area (Å²) < 4.78 is 47.8. The molecule has 0 spiro atoms. The number of amides is 1. The summed E-state index contributed by atoms with van der Waals surface area (Å²) in [7, 11) is 0.472. The van der Waals surface area contributed by atoms with Crippen LogP contribution < -0.4 is 20.5 Å². The van der Waals surface area contributed by atoms with Crippen LogP contribution in [0.15, 0.2) is 47.1 Å². The Labute approximate surface area is 184 Å². The predicted molar refractivity (Wildman–Crippen MR) is 117 cm³/mol. The van der Waals surface area contributed by atoms with Gasteiger partial charge in [-0.1, -0.05) is 5.21 Å². The van der Waals surface area contributed by atoms with Gasteiger partial charge in [-0.2, -0.15) is 0 Å². The van der Waals surface area contributed by atoms with Gasteiger partial charge in [-0.15, -0.1) is 5.10 Å². The van der Waals surface area contributed by atoms with Gasteiger partial charge in [-0.05, 0) is 43.5 Å². The molecule has 0 saturated carbocycles. The fourth-order valence-electron chi connectivity index (χ4n) is 3.18. The molecule has 0 aliphatic heterocycles. The second-order valence-corrected chi connectivity index (χ2v) is 8.56. The van der Waals surface area contributed by atoms with Crippen molar-refractivity contribution in [3.63, 3.8) is 0 Å². The van der Waals surface area contributed by atoms with Crippen molar-refractivity contribution < 1.29 is 22.3 Å². The van der Waals surface area contributed by atoms with Crippen LogP contribution in [-0.2, 0) is 16.6 Å². The maximum absolute atomic E-state index is 14.1. The molecule has 0 aliphatic carbocycles. The van der Waals surface area contributed by atoms with Crippen LogP contribution in [0.5, 0.6) is 5.75 Å². The monoisotopic (exact) mass is 462 g/mol. The van der Waals surface area contributed by atoms with Gasteiger partial charge in [-0.25, -0.2) is 22.2 Å². The largest absolute Gasteiger partial charge is 0.496 e. The summed E-state index contributed by atoms with van der Waals surface area (Å²) in [6.45, 7) is -0.202. The number of carbonyl (C=O) groups is 1. The Bertz CT molecular complexity index is 1300. The van der Waals surface area contributed by atoms with Crippen LogP contribution in [-0.4, -0.2) is 57.1 Å². The number of hydrogen-bond acceptors (Lipinski definition) is 7. The first kappa shape index (κ1) is 23.3. The number of nitrogens with zero attached hydrogens (tertiary/aromatic N) is 3. The summed E-state index contributed by atoms with van der Waals surface area (Å²) in [4.78, 5) is 12.4. The molecule has 1 amide bonds. The molecule has 12 heteroatoms. The molecule has 170 valence electrons. The second kappa shape index (κ2) is 9.42. The number of aromatic nitrogens is 3. The van der Waals surface area contributed by atoms with Gasteiger partial charge in [0, 0.05) is 30.3 Å². The summed E-state index contributed by atoms with van der Waals surface area (Å²) in [5, 5.41) is 10.7. The summed E-state index contributed by atoms with van der Waals surface area (Å²) in [5.74, 6) is -0.540. The van der Waals surface area contributed by atoms with E-state index in [1.165, 1.54) is 56.2 Å². The minimum Gasteiger partial charge on any atom is -0.496 e. The molecule has 3 rings (SSSR count). The quantitative estimate of drug-likeness (QED) is 0.456. The van der Waals surface area contributed by atoms with Crippen molar-refractivity contribution in [2.75, 3.05) is 27.7 Å². The molecule has 4 N–H and O–H groups in total. The first-order chi connectivity index (χ1) is 15.2. The van der Waals surface area contributed by atoms with E-state index in [9.17, 15) is 17.6 Å². The molecule has 1 heterocycles. The Kier molecular flexibility index (Phi) is 6.87. The molecule has 0 aliphatic rings. The molecule has 0 bridgehead atoms. The smallest absolute Gasteiger partial charge is 0.251 e. The van der Waals surface area contributed by atoms with Gasteiger partial charge in [-0.3, -0.25) is 4.79 Å². The zero-order chi connectivity index (χ0) is 23.5. The highest BCUT2D eigenvalue weighted by Crippen LogP contribution is 2.37. The Balaban J connectivity index is 2.33. The lowest BCUT2D eigenvalue weighted by Gasteiger charge is -2.13. The number of nitrogens with two attached hydrogens (primary N) is 1. The lowest BCUT2D eigenvalue weighted by Crippen LogP contribution is -2.19. The van der Waals surface area contributed by atoms with Gasteiger partial charge in [0.1, 0.15) is 17.1 Å². The third kappa shape index (κ3) is 4.47. The fraction of sp³-hybridized carbons (Fsp3) is 0.250. The fourth-order valence-corrected chi connectivity index (χ4v) is 3.94. The third-order valence-electron chi connectivity index (χ3n) is 4.79. The normalized spacial score (nSPS) is 12.2. The molecule has 0 atom stereocenters. The Morgan fingerprint density at radius 2 is 2.00 bits per heavy atom. The van der Waals surface area contributed by atoms with Crippen LogP contribution in [0.3, 0.4) is 0 Å². The molecule has 0 radical (unpaired) electrons. The SMILES string of the molecule is CNC(=O)c1cc(-c2cc(S(=O)(=O)NC)ccc2OC)c2nnn(C/C(F)=C/CN)c2c1. The van der Waals surface area contributed by atoms with Crippen molar-refractivity contribution in [2.45, 2.75) is 11.4 Å². The molecule has 0 unspecified atom stereocenters. The van der Waals surface area contributed by atoms with Crippen LogP contribution in [0.1, 0.15) is 10.4 Å². The van der Waals surface area contributed by atoms with Gasteiger partial charge in [0.2, 0.25) is 10.0 Å². The molecule has 32 heavy (non-hydrogen) atoms. The molecular formula is C20H23FN6O4S. The molecule has 10 nitrogen and oxygen atoms in total. The van der Waals surface area contributed by atoms with E-state index in [1.54, 1.807) is 6.07 Å². The van der Waals surface area contributed by atoms with Crippen LogP contribution in [0, 0.1) is 0 Å². The van der Waals surface area contributed by atoms with Crippen LogP contribution in [0.2, 0.25) is 0 Å². The Morgan fingerprint density at radius 1 is 1.25 bits per heavy atom. The van der Waals surface area contributed by atoms with Gasteiger partial charge < -0.3 is 15.8 Å². The average molecular weight is 463 g/mol. The number of fused-ring (bicyclic) bond motifs is 1. The molecule has 0 fully saturated rings. The molecule has 0 saturated heterocycles. The van der Waals surface area contributed by atoms with Gasteiger partial charge in [0.15, 0.2) is 0 Å². The highest BCUT2D eigenvalue weighted by atomic mass is 32.2. The number of nitrogens with one attached hydrogen (secondary N) is 2. The zero-order valence-electron chi connectivity index (χ0n) is 17.7. The zero-order valence-corrected chi connectivity index (χ0v) is 18.5. The number of halogens is 1. The van der Waals surface area contributed by atoms with Gasteiger partial charge in [0.25, 0.3) is 5.91 Å². The van der Waals surface area contributed by atoms with E-state index in [4.69, 9.17) is 10.5 Å². The summed E-state index contributed by atoms with van der Waals surface area (Å²) in [6, 6.07) is 7.42. The number of allylic oxidation sites excluding steroid dienone is 1. The highest BCUT2D eigenvalue weighted by molar-refractivity contribution is 7.89. The molecule has 1 aromatic heterocycles. The number of methoxy groups -OCH3 is 1. The molecular weight excluding hydrogens is 439 g/mol.